The second-order valence-corrected chi connectivity index (χ2v) is 11.8. The number of hydrogen-bond acceptors (Lipinski definition) is 4. The molecule has 3 aromatic carbocycles. The van der Waals surface area contributed by atoms with Gasteiger partial charge in [-0.15, -0.1) is 0 Å². The SMILES string of the molecule is C[C@H]1CC(C)(C)N(Cc2ccccc2)c2ccc([C@@H]3C4=C(CCCC4=O)Nc4nc5ccccc5n43)cc21. The van der Waals surface area contributed by atoms with E-state index >= 15 is 0 Å². The zero-order chi connectivity index (χ0) is 26.0. The van der Waals surface area contributed by atoms with Crippen LogP contribution in [0.25, 0.3) is 11.0 Å². The van der Waals surface area contributed by atoms with Crippen LogP contribution in [-0.4, -0.2) is 20.9 Å². The molecule has 0 fully saturated rings. The van der Waals surface area contributed by atoms with Crippen molar-refractivity contribution in [3.05, 3.63) is 101 Å². The Labute approximate surface area is 224 Å². The van der Waals surface area contributed by atoms with Crippen LogP contribution >= 0.6 is 0 Å². The highest BCUT2D eigenvalue weighted by molar-refractivity contribution is 6.00. The molecule has 3 heterocycles. The van der Waals surface area contributed by atoms with E-state index in [4.69, 9.17) is 4.98 Å². The van der Waals surface area contributed by atoms with Crippen LogP contribution in [0.2, 0.25) is 0 Å². The summed E-state index contributed by atoms with van der Waals surface area (Å²) < 4.78 is 2.25. The molecule has 0 saturated carbocycles. The first-order chi connectivity index (χ1) is 18.4. The lowest BCUT2D eigenvalue weighted by atomic mass is 9.78. The number of Topliss-reactive ketones (excluding diaryl/α,β-unsaturated/α-hetero) is 1. The number of anilines is 2. The summed E-state index contributed by atoms with van der Waals surface area (Å²) in [5.41, 5.74) is 9.17. The summed E-state index contributed by atoms with van der Waals surface area (Å²) in [6, 6.07) is 25.8. The average molecular weight is 503 g/mol. The summed E-state index contributed by atoms with van der Waals surface area (Å²) >= 11 is 0. The molecule has 0 amide bonds. The molecule has 0 radical (unpaired) electrons. The maximum Gasteiger partial charge on any atom is 0.209 e. The number of nitrogens with zero attached hydrogens (tertiary/aromatic N) is 3. The molecule has 4 aromatic rings. The zero-order valence-corrected chi connectivity index (χ0v) is 22.4. The Kier molecular flexibility index (Phi) is 5.26. The zero-order valence-electron chi connectivity index (χ0n) is 22.4. The fraction of sp³-hybridized carbons (Fsp3) is 0.333. The van der Waals surface area contributed by atoms with Gasteiger partial charge in [-0.1, -0.05) is 61.5 Å². The molecular weight excluding hydrogens is 468 g/mol. The first-order valence-corrected chi connectivity index (χ1v) is 13.9. The van der Waals surface area contributed by atoms with Crippen molar-refractivity contribution in [2.45, 2.75) is 70.5 Å². The summed E-state index contributed by atoms with van der Waals surface area (Å²) in [6.07, 6.45) is 3.47. The number of benzene rings is 3. The van der Waals surface area contributed by atoms with Crippen molar-refractivity contribution in [3.63, 3.8) is 0 Å². The van der Waals surface area contributed by atoms with Crippen molar-refractivity contribution in [2.75, 3.05) is 10.2 Å². The van der Waals surface area contributed by atoms with Gasteiger partial charge in [0.15, 0.2) is 5.78 Å². The van der Waals surface area contributed by atoms with Gasteiger partial charge in [-0.25, -0.2) is 4.98 Å². The molecule has 5 heteroatoms. The van der Waals surface area contributed by atoms with Gasteiger partial charge in [-0.2, -0.15) is 0 Å². The van der Waals surface area contributed by atoms with Gasteiger partial charge in [-0.3, -0.25) is 9.36 Å². The lowest BCUT2D eigenvalue weighted by Crippen LogP contribution is -2.47. The van der Waals surface area contributed by atoms with Crippen LogP contribution in [-0.2, 0) is 11.3 Å². The van der Waals surface area contributed by atoms with Crippen LogP contribution in [0.1, 0.15) is 75.1 Å². The molecule has 0 bridgehead atoms. The summed E-state index contributed by atoms with van der Waals surface area (Å²) in [4.78, 5) is 20.9. The summed E-state index contributed by atoms with van der Waals surface area (Å²) in [5, 5.41) is 3.54. The smallest absolute Gasteiger partial charge is 0.209 e. The second kappa shape index (κ2) is 8.59. The fourth-order valence-electron chi connectivity index (χ4n) is 7.03. The average Bonchev–Trinajstić information content (AvgIpc) is 3.28. The Morgan fingerprint density at radius 3 is 2.63 bits per heavy atom. The normalized spacial score (nSPS) is 22.1. The molecule has 0 saturated heterocycles. The van der Waals surface area contributed by atoms with Gasteiger partial charge in [-0.05, 0) is 73.9 Å². The quantitative estimate of drug-likeness (QED) is 0.318. The Balaban J connectivity index is 1.39. The third-order valence-electron chi connectivity index (χ3n) is 8.76. The predicted octanol–water partition coefficient (Wildman–Crippen LogP) is 7.35. The van der Waals surface area contributed by atoms with E-state index in [1.807, 2.05) is 6.07 Å². The van der Waals surface area contributed by atoms with Crippen molar-refractivity contribution in [1.82, 2.24) is 9.55 Å². The van der Waals surface area contributed by atoms with Crippen LogP contribution in [0.15, 0.2) is 84.1 Å². The number of hydrogen-bond donors (Lipinski definition) is 1. The highest BCUT2D eigenvalue weighted by Gasteiger charge is 2.39. The molecule has 0 spiro atoms. The number of carbonyl (C=O) groups is 1. The van der Waals surface area contributed by atoms with Crippen LogP contribution in [0.5, 0.6) is 0 Å². The second-order valence-electron chi connectivity index (χ2n) is 11.8. The standard InChI is InChI=1S/C33H34N4O/c1-21-19-33(2,3)36(20-22-10-5-4-6-11-22)27-17-16-23(18-24(21)27)31-30-26(13-9-15-29(30)38)35-32-34-25-12-7-8-14-28(25)37(31)32/h4-8,10-12,14,16-18,21,31H,9,13,15,19-20H2,1-3H3,(H,34,35)/t21-,31+/m0/s1. The lowest BCUT2D eigenvalue weighted by Gasteiger charge is -2.48. The van der Waals surface area contributed by atoms with Crippen molar-refractivity contribution in [1.29, 1.82) is 0 Å². The molecule has 5 nitrogen and oxygen atoms in total. The number of ketones is 1. The van der Waals surface area contributed by atoms with Crippen molar-refractivity contribution in [2.24, 2.45) is 0 Å². The molecule has 1 N–H and O–H groups in total. The van der Waals surface area contributed by atoms with Gasteiger partial charge in [0.1, 0.15) is 0 Å². The summed E-state index contributed by atoms with van der Waals surface area (Å²) in [6.45, 7) is 7.95. The van der Waals surface area contributed by atoms with Crippen LogP contribution < -0.4 is 10.2 Å². The maximum atomic E-state index is 13.4. The van der Waals surface area contributed by atoms with E-state index in [1.165, 1.54) is 22.4 Å². The minimum atomic E-state index is -0.170. The highest BCUT2D eigenvalue weighted by atomic mass is 16.1. The number of imidazole rings is 1. The minimum Gasteiger partial charge on any atom is -0.362 e. The first kappa shape index (κ1) is 23.3. The van der Waals surface area contributed by atoms with Crippen molar-refractivity contribution < 1.29 is 4.79 Å². The Hall–Kier alpha value is -3.86. The molecular formula is C33H34N4O. The van der Waals surface area contributed by atoms with Crippen LogP contribution in [0, 0.1) is 0 Å². The Morgan fingerprint density at radius 2 is 1.79 bits per heavy atom. The van der Waals surface area contributed by atoms with Crippen LogP contribution in [0.3, 0.4) is 0 Å². The van der Waals surface area contributed by atoms with Gasteiger partial charge in [0.25, 0.3) is 0 Å². The van der Waals surface area contributed by atoms with Gasteiger partial charge in [0.05, 0.1) is 17.1 Å². The Bertz CT molecular complexity index is 1600. The lowest BCUT2D eigenvalue weighted by molar-refractivity contribution is -0.116. The van der Waals surface area contributed by atoms with E-state index in [0.717, 1.165) is 54.1 Å². The number of fused-ring (bicyclic) bond motifs is 4. The molecule has 2 atom stereocenters. The van der Waals surface area contributed by atoms with E-state index < -0.39 is 0 Å². The van der Waals surface area contributed by atoms with E-state index in [-0.39, 0.29) is 17.4 Å². The van der Waals surface area contributed by atoms with Crippen molar-refractivity contribution >= 4 is 28.5 Å². The van der Waals surface area contributed by atoms with Gasteiger partial charge >= 0.3 is 0 Å². The number of allylic oxidation sites excluding steroid dienone is 2. The fourth-order valence-corrected chi connectivity index (χ4v) is 7.03. The topological polar surface area (TPSA) is 50.2 Å². The molecule has 2 aliphatic heterocycles. The van der Waals surface area contributed by atoms with E-state index in [1.54, 1.807) is 0 Å². The van der Waals surface area contributed by atoms with Gasteiger partial charge in [0.2, 0.25) is 5.95 Å². The predicted molar refractivity (Wildman–Crippen MR) is 154 cm³/mol. The molecule has 1 aromatic heterocycles. The molecule has 7 rings (SSSR count). The third-order valence-corrected chi connectivity index (χ3v) is 8.76. The molecule has 0 unspecified atom stereocenters. The molecule has 3 aliphatic rings. The van der Waals surface area contributed by atoms with E-state index in [0.29, 0.717) is 12.3 Å². The maximum absolute atomic E-state index is 13.4. The molecule has 1 aliphatic carbocycles. The molecule has 192 valence electrons. The van der Waals surface area contributed by atoms with Crippen LogP contribution in [0.4, 0.5) is 11.6 Å². The minimum absolute atomic E-state index is 0.0429. The number of aromatic nitrogens is 2. The molecule has 38 heavy (non-hydrogen) atoms. The number of rotatable bonds is 3. The monoisotopic (exact) mass is 502 g/mol. The number of nitrogens with one attached hydrogen (secondary N) is 1. The summed E-state index contributed by atoms with van der Waals surface area (Å²) in [5.74, 6) is 1.51. The van der Waals surface area contributed by atoms with E-state index in [2.05, 4.69) is 102 Å². The third kappa shape index (κ3) is 3.59. The first-order valence-electron chi connectivity index (χ1n) is 13.9. The largest absolute Gasteiger partial charge is 0.362 e. The number of carbonyl (C=O) groups excluding carboxylic acids is 1. The Morgan fingerprint density at radius 1 is 1.00 bits per heavy atom. The van der Waals surface area contributed by atoms with Gasteiger partial charge < -0.3 is 10.2 Å². The number of para-hydroxylation sites is 2. The highest BCUT2D eigenvalue weighted by Crippen LogP contribution is 2.48. The van der Waals surface area contributed by atoms with Gasteiger partial charge in [0, 0.05) is 35.5 Å². The van der Waals surface area contributed by atoms with E-state index in [9.17, 15) is 4.79 Å². The van der Waals surface area contributed by atoms with Crippen molar-refractivity contribution in [3.8, 4) is 0 Å². The summed E-state index contributed by atoms with van der Waals surface area (Å²) in [7, 11) is 0.